The van der Waals surface area contributed by atoms with Crippen molar-refractivity contribution in [1.29, 1.82) is 0 Å². The second-order valence-electron chi connectivity index (χ2n) is 5.12. The molecule has 1 heterocycles. The zero-order valence-electron chi connectivity index (χ0n) is 12.7. The average Bonchev–Trinajstić information content (AvgIpc) is 2.75. The summed E-state index contributed by atoms with van der Waals surface area (Å²) in [6.45, 7) is 8.72. The van der Waals surface area contributed by atoms with Crippen LogP contribution in [-0.4, -0.2) is 30.0 Å². The van der Waals surface area contributed by atoms with Gasteiger partial charge in [0.1, 0.15) is 0 Å². The molecule has 1 N–H and O–H groups in total. The Morgan fingerprint density at radius 2 is 2.00 bits per heavy atom. The van der Waals surface area contributed by atoms with Crippen LogP contribution in [0.2, 0.25) is 0 Å². The van der Waals surface area contributed by atoms with E-state index >= 15 is 0 Å². The van der Waals surface area contributed by atoms with E-state index in [1.54, 1.807) is 7.11 Å². The molecule has 4 heteroatoms. The predicted octanol–water partition coefficient (Wildman–Crippen LogP) is 2.53. The van der Waals surface area contributed by atoms with Crippen molar-refractivity contribution in [3.8, 4) is 5.69 Å². The van der Waals surface area contributed by atoms with Gasteiger partial charge in [0.05, 0.1) is 18.0 Å². The van der Waals surface area contributed by atoms with E-state index in [0.29, 0.717) is 0 Å². The molecule has 0 radical (unpaired) electrons. The Labute approximate surface area is 120 Å². The van der Waals surface area contributed by atoms with Crippen molar-refractivity contribution < 1.29 is 4.74 Å². The molecule has 1 aromatic heterocycles. The molecule has 0 aliphatic rings. The van der Waals surface area contributed by atoms with E-state index in [1.807, 2.05) is 11.6 Å². The van der Waals surface area contributed by atoms with Crippen molar-refractivity contribution in [2.45, 2.75) is 27.3 Å². The summed E-state index contributed by atoms with van der Waals surface area (Å²) in [5.41, 5.74) is 5.92. The van der Waals surface area contributed by atoms with Gasteiger partial charge < -0.3 is 10.1 Å². The second kappa shape index (κ2) is 6.68. The lowest BCUT2D eigenvalue weighted by Gasteiger charge is -2.11. The van der Waals surface area contributed by atoms with Gasteiger partial charge in [0.2, 0.25) is 0 Å². The molecule has 0 aliphatic heterocycles. The summed E-state index contributed by atoms with van der Waals surface area (Å²) in [6, 6.07) is 8.57. The molecule has 0 fully saturated rings. The molecule has 2 rings (SSSR count). The highest BCUT2D eigenvalue weighted by Crippen LogP contribution is 2.16. The number of hydrogen-bond donors (Lipinski definition) is 1. The summed E-state index contributed by atoms with van der Waals surface area (Å²) in [7, 11) is 1.72. The summed E-state index contributed by atoms with van der Waals surface area (Å²) >= 11 is 0. The Balaban J connectivity index is 2.11. The number of aromatic nitrogens is 2. The number of benzene rings is 1. The van der Waals surface area contributed by atoms with Crippen molar-refractivity contribution in [3.05, 3.63) is 46.8 Å². The van der Waals surface area contributed by atoms with Crippen LogP contribution in [0.5, 0.6) is 0 Å². The van der Waals surface area contributed by atoms with Gasteiger partial charge in [0, 0.05) is 25.9 Å². The van der Waals surface area contributed by atoms with E-state index in [0.717, 1.165) is 36.8 Å². The van der Waals surface area contributed by atoms with Gasteiger partial charge in [-0.2, -0.15) is 5.10 Å². The summed E-state index contributed by atoms with van der Waals surface area (Å²) < 4.78 is 7.02. The Hall–Kier alpha value is -1.65. The first kappa shape index (κ1) is 14.8. The van der Waals surface area contributed by atoms with Gasteiger partial charge in [-0.05, 0) is 50.1 Å². The van der Waals surface area contributed by atoms with Crippen LogP contribution in [0.1, 0.15) is 22.5 Å². The first-order valence-corrected chi connectivity index (χ1v) is 6.94. The monoisotopic (exact) mass is 273 g/mol. The normalized spacial score (nSPS) is 11.0. The van der Waals surface area contributed by atoms with Gasteiger partial charge in [0.15, 0.2) is 0 Å². The molecule has 0 unspecified atom stereocenters. The fourth-order valence-electron chi connectivity index (χ4n) is 2.30. The van der Waals surface area contributed by atoms with E-state index in [-0.39, 0.29) is 0 Å². The quantitative estimate of drug-likeness (QED) is 0.822. The number of rotatable bonds is 6. The smallest absolute Gasteiger partial charge is 0.0651 e. The fourth-order valence-corrected chi connectivity index (χ4v) is 2.30. The number of methoxy groups -OCH3 is 1. The molecule has 0 saturated heterocycles. The molecule has 1 aromatic carbocycles. The second-order valence-corrected chi connectivity index (χ2v) is 5.12. The van der Waals surface area contributed by atoms with Crippen LogP contribution in [0.4, 0.5) is 0 Å². The molecular formula is C16H23N3O. The Bertz CT molecular complexity index is 575. The SMILES string of the molecule is COCCNCc1ccc(-n2nc(C)cc2C)cc1C. The maximum Gasteiger partial charge on any atom is 0.0651 e. The zero-order chi connectivity index (χ0) is 14.5. The van der Waals surface area contributed by atoms with Crippen LogP contribution >= 0.6 is 0 Å². The molecule has 20 heavy (non-hydrogen) atoms. The third-order valence-corrected chi connectivity index (χ3v) is 3.38. The molecule has 0 bridgehead atoms. The van der Waals surface area contributed by atoms with E-state index < -0.39 is 0 Å². The van der Waals surface area contributed by atoms with Crippen molar-refractivity contribution in [3.63, 3.8) is 0 Å². The minimum atomic E-state index is 0.739. The molecule has 0 aliphatic carbocycles. The molecule has 4 nitrogen and oxygen atoms in total. The van der Waals surface area contributed by atoms with Crippen LogP contribution in [0.3, 0.4) is 0 Å². The lowest BCUT2D eigenvalue weighted by molar-refractivity contribution is 0.199. The third kappa shape index (κ3) is 3.46. The number of hydrogen-bond acceptors (Lipinski definition) is 3. The minimum Gasteiger partial charge on any atom is -0.383 e. The van der Waals surface area contributed by atoms with Gasteiger partial charge in [0.25, 0.3) is 0 Å². The minimum absolute atomic E-state index is 0.739. The molecule has 108 valence electrons. The fraction of sp³-hybridized carbons (Fsp3) is 0.438. The molecular weight excluding hydrogens is 250 g/mol. The standard InChI is InChI=1S/C16H23N3O/c1-12-9-16(19-14(3)10-13(2)18-19)6-5-15(12)11-17-7-8-20-4/h5-6,9-10,17H,7-8,11H2,1-4H3. The van der Waals surface area contributed by atoms with Gasteiger partial charge in [-0.1, -0.05) is 6.07 Å². The van der Waals surface area contributed by atoms with Crippen molar-refractivity contribution in [2.24, 2.45) is 0 Å². The van der Waals surface area contributed by atoms with Gasteiger partial charge in [-0.3, -0.25) is 0 Å². The first-order chi connectivity index (χ1) is 9.61. The molecule has 2 aromatic rings. The summed E-state index contributed by atoms with van der Waals surface area (Å²) in [4.78, 5) is 0. The number of nitrogens with zero attached hydrogens (tertiary/aromatic N) is 2. The van der Waals surface area contributed by atoms with E-state index in [4.69, 9.17) is 4.74 Å². The highest BCUT2D eigenvalue weighted by Gasteiger charge is 2.06. The van der Waals surface area contributed by atoms with E-state index in [9.17, 15) is 0 Å². The number of aryl methyl sites for hydroxylation is 3. The molecule has 0 spiro atoms. The van der Waals surface area contributed by atoms with Crippen molar-refractivity contribution in [1.82, 2.24) is 15.1 Å². The van der Waals surface area contributed by atoms with Crippen LogP contribution in [-0.2, 0) is 11.3 Å². The molecule has 0 amide bonds. The van der Waals surface area contributed by atoms with Crippen LogP contribution in [0, 0.1) is 20.8 Å². The molecule has 0 atom stereocenters. The lowest BCUT2D eigenvalue weighted by atomic mass is 10.1. The van der Waals surface area contributed by atoms with Crippen molar-refractivity contribution in [2.75, 3.05) is 20.3 Å². The van der Waals surface area contributed by atoms with Gasteiger partial charge in [-0.15, -0.1) is 0 Å². The summed E-state index contributed by atoms with van der Waals surface area (Å²) in [5.74, 6) is 0. The largest absolute Gasteiger partial charge is 0.383 e. The highest BCUT2D eigenvalue weighted by molar-refractivity contribution is 5.40. The third-order valence-electron chi connectivity index (χ3n) is 3.38. The maximum absolute atomic E-state index is 5.03. The highest BCUT2D eigenvalue weighted by atomic mass is 16.5. The zero-order valence-corrected chi connectivity index (χ0v) is 12.7. The first-order valence-electron chi connectivity index (χ1n) is 6.94. The lowest BCUT2D eigenvalue weighted by Crippen LogP contribution is -2.19. The average molecular weight is 273 g/mol. The summed E-state index contributed by atoms with van der Waals surface area (Å²) in [6.07, 6.45) is 0. The molecule has 0 saturated carbocycles. The Morgan fingerprint density at radius 3 is 2.60 bits per heavy atom. The topological polar surface area (TPSA) is 39.1 Å². The van der Waals surface area contributed by atoms with Gasteiger partial charge in [-0.25, -0.2) is 4.68 Å². The van der Waals surface area contributed by atoms with Gasteiger partial charge >= 0.3 is 0 Å². The van der Waals surface area contributed by atoms with Crippen LogP contribution in [0.25, 0.3) is 5.69 Å². The van der Waals surface area contributed by atoms with Crippen LogP contribution in [0.15, 0.2) is 24.3 Å². The van der Waals surface area contributed by atoms with Crippen LogP contribution < -0.4 is 5.32 Å². The summed E-state index contributed by atoms with van der Waals surface area (Å²) in [5, 5.41) is 7.89. The Morgan fingerprint density at radius 1 is 1.20 bits per heavy atom. The van der Waals surface area contributed by atoms with Crippen molar-refractivity contribution >= 4 is 0 Å². The Kier molecular flexibility index (Phi) is 4.93. The maximum atomic E-state index is 5.03. The number of ether oxygens (including phenoxy) is 1. The predicted molar refractivity (Wildman–Crippen MR) is 81.4 cm³/mol. The van der Waals surface area contributed by atoms with E-state index in [1.165, 1.54) is 11.1 Å². The van der Waals surface area contributed by atoms with E-state index in [2.05, 4.69) is 48.5 Å². The number of nitrogens with one attached hydrogen (secondary N) is 1.